The van der Waals surface area contributed by atoms with Gasteiger partial charge in [0.15, 0.2) is 0 Å². The van der Waals surface area contributed by atoms with E-state index >= 15 is 0 Å². The fraction of sp³-hybridized carbons (Fsp3) is 0.333. The van der Waals surface area contributed by atoms with Crippen LogP contribution in [0.25, 0.3) is 0 Å². The third-order valence-corrected chi connectivity index (χ3v) is 6.10. The Balaban J connectivity index is 2.26. The molecule has 2 rings (SSSR count). The van der Waals surface area contributed by atoms with E-state index in [1.165, 1.54) is 23.8 Å². The number of hydrogen-bond donors (Lipinski definition) is 2. The van der Waals surface area contributed by atoms with E-state index in [9.17, 15) is 18.0 Å². The van der Waals surface area contributed by atoms with Crippen LogP contribution in [0, 0.1) is 0 Å². The molecule has 0 heterocycles. The maximum absolute atomic E-state index is 12.7. The molecule has 2 aromatic rings. The van der Waals surface area contributed by atoms with Crippen molar-refractivity contribution in [3.05, 3.63) is 54.1 Å². The van der Waals surface area contributed by atoms with Gasteiger partial charge in [0.1, 0.15) is 22.7 Å². The number of rotatable bonds is 11. The van der Waals surface area contributed by atoms with Gasteiger partial charge in [-0.15, -0.1) is 0 Å². The number of sulfonamides is 1. The molecular weight excluding hydrogens is 394 g/mol. The van der Waals surface area contributed by atoms with Crippen molar-refractivity contribution in [2.45, 2.75) is 50.0 Å². The third-order valence-electron chi connectivity index (χ3n) is 4.57. The molecule has 7 nitrogen and oxygen atoms in total. The van der Waals surface area contributed by atoms with Crippen molar-refractivity contribution in [1.29, 1.82) is 0 Å². The zero-order valence-electron chi connectivity index (χ0n) is 16.4. The summed E-state index contributed by atoms with van der Waals surface area (Å²) in [6.07, 6.45) is 1.66. The van der Waals surface area contributed by atoms with Crippen molar-refractivity contribution in [2.75, 3.05) is 0 Å². The predicted octanol–water partition coefficient (Wildman–Crippen LogP) is 3.70. The summed E-state index contributed by atoms with van der Waals surface area (Å²) in [6, 6.07) is 12.1. The van der Waals surface area contributed by atoms with Crippen molar-refractivity contribution in [2.24, 2.45) is 0 Å². The molecule has 2 aromatic carbocycles. The summed E-state index contributed by atoms with van der Waals surface area (Å²) in [5.74, 6) is -0.280. The molecule has 0 aliphatic heterocycles. The van der Waals surface area contributed by atoms with Crippen molar-refractivity contribution in [3.8, 4) is 11.5 Å². The Morgan fingerprint density at radius 2 is 1.72 bits per heavy atom. The van der Waals surface area contributed by atoms with Gasteiger partial charge in [0.2, 0.25) is 10.0 Å². The average molecular weight is 419 g/mol. The summed E-state index contributed by atoms with van der Waals surface area (Å²) in [4.78, 5) is 21.7. The number of hydrogen-bond acceptors (Lipinski definition) is 5. The van der Waals surface area contributed by atoms with E-state index in [-0.39, 0.29) is 16.9 Å². The van der Waals surface area contributed by atoms with Crippen LogP contribution in [0.15, 0.2) is 53.4 Å². The molecule has 0 amide bonds. The summed E-state index contributed by atoms with van der Waals surface area (Å²) in [6.45, 7) is 4.26. The SMILES string of the molecule is CCC(CC)c1ccc(Oc2ccccc2S(=O)(=O)NC(C=O)CC(=O)O)cc1. The van der Waals surface area contributed by atoms with Crippen LogP contribution < -0.4 is 9.46 Å². The van der Waals surface area contributed by atoms with Gasteiger partial charge < -0.3 is 14.6 Å². The number of nitrogens with one attached hydrogen (secondary N) is 1. The average Bonchev–Trinajstić information content (AvgIpc) is 2.69. The number of carboxylic acids is 1. The van der Waals surface area contributed by atoms with Crippen molar-refractivity contribution >= 4 is 22.3 Å². The van der Waals surface area contributed by atoms with E-state index in [1.54, 1.807) is 18.2 Å². The van der Waals surface area contributed by atoms with Crippen LogP contribution in [0.3, 0.4) is 0 Å². The lowest BCUT2D eigenvalue weighted by atomic mass is 9.94. The van der Waals surface area contributed by atoms with E-state index in [2.05, 4.69) is 18.6 Å². The highest BCUT2D eigenvalue weighted by atomic mass is 32.2. The highest BCUT2D eigenvalue weighted by Gasteiger charge is 2.25. The van der Waals surface area contributed by atoms with Crippen LogP contribution in [0.4, 0.5) is 0 Å². The van der Waals surface area contributed by atoms with E-state index in [4.69, 9.17) is 9.84 Å². The molecule has 0 saturated heterocycles. The zero-order chi connectivity index (χ0) is 21.4. The summed E-state index contributed by atoms with van der Waals surface area (Å²) >= 11 is 0. The van der Waals surface area contributed by atoms with Crippen molar-refractivity contribution in [1.82, 2.24) is 4.72 Å². The van der Waals surface area contributed by atoms with Crippen LogP contribution in [-0.4, -0.2) is 31.8 Å². The molecule has 1 atom stereocenters. The summed E-state index contributed by atoms with van der Waals surface area (Å²) in [5, 5.41) is 8.81. The van der Waals surface area contributed by atoms with Gasteiger partial charge in [-0.2, -0.15) is 0 Å². The van der Waals surface area contributed by atoms with Gasteiger partial charge in [-0.25, -0.2) is 13.1 Å². The molecule has 0 aliphatic carbocycles. The topological polar surface area (TPSA) is 110 Å². The Hall–Kier alpha value is -2.71. The normalized spacial score (nSPS) is 12.5. The van der Waals surface area contributed by atoms with Gasteiger partial charge in [0.05, 0.1) is 12.5 Å². The second-order valence-corrected chi connectivity index (χ2v) is 8.28. The Labute approximate surface area is 170 Å². The maximum atomic E-state index is 12.7. The summed E-state index contributed by atoms with van der Waals surface area (Å²) in [7, 11) is -4.17. The molecule has 156 valence electrons. The number of benzene rings is 2. The first-order chi connectivity index (χ1) is 13.8. The zero-order valence-corrected chi connectivity index (χ0v) is 17.2. The lowest BCUT2D eigenvalue weighted by molar-refractivity contribution is -0.138. The highest BCUT2D eigenvalue weighted by Crippen LogP contribution is 2.30. The minimum Gasteiger partial charge on any atom is -0.481 e. The maximum Gasteiger partial charge on any atom is 0.305 e. The van der Waals surface area contributed by atoms with Crippen LogP contribution >= 0.6 is 0 Å². The minimum absolute atomic E-state index is 0.0789. The van der Waals surface area contributed by atoms with Crippen LogP contribution in [0.1, 0.15) is 44.6 Å². The molecular formula is C21H25NO6S. The fourth-order valence-electron chi connectivity index (χ4n) is 3.02. The van der Waals surface area contributed by atoms with Gasteiger partial charge in [-0.05, 0) is 48.6 Å². The Kier molecular flexibility index (Phi) is 7.92. The molecule has 8 heteroatoms. The molecule has 0 fully saturated rings. The molecule has 2 N–H and O–H groups in total. The summed E-state index contributed by atoms with van der Waals surface area (Å²) in [5.41, 5.74) is 1.19. The quantitative estimate of drug-likeness (QED) is 0.538. The molecule has 29 heavy (non-hydrogen) atoms. The van der Waals surface area contributed by atoms with Gasteiger partial charge in [0.25, 0.3) is 0 Å². The van der Waals surface area contributed by atoms with E-state index in [0.717, 1.165) is 12.8 Å². The lowest BCUT2D eigenvalue weighted by Gasteiger charge is -2.16. The molecule has 1 unspecified atom stereocenters. The molecule has 0 bridgehead atoms. The first-order valence-corrected chi connectivity index (χ1v) is 10.8. The van der Waals surface area contributed by atoms with Gasteiger partial charge in [-0.1, -0.05) is 38.1 Å². The second-order valence-electron chi connectivity index (χ2n) is 6.59. The van der Waals surface area contributed by atoms with Crippen LogP contribution in [0.5, 0.6) is 11.5 Å². The molecule has 0 spiro atoms. The lowest BCUT2D eigenvalue weighted by Crippen LogP contribution is -2.37. The highest BCUT2D eigenvalue weighted by molar-refractivity contribution is 7.89. The number of aldehydes is 1. The predicted molar refractivity (Wildman–Crippen MR) is 109 cm³/mol. The standard InChI is InChI=1S/C21H25NO6S/c1-3-15(4-2)16-9-11-18(12-10-16)28-19-7-5-6-8-20(19)29(26,27)22-17(14-23)13-21(24)25/h5-12,14-15,17,22H,3-4,13H2,1-2H3,(H,24,25). The third kappa shape index (κ3) is 6.13. The minimum atomic E-state index is -4.17. The van der Waals surface area contributed by atoms with Gasteiger partial charge in [-0.3, -0.25) is 4.79 Å². The Morgan fingerprint density at radius 1 is 1.10 bits per heavy atom. The van der Waals surface area contributed by atoms with Gasteiger partial charge >= 0.3 is 5.97 Å². The number of carbonyl (C=O) groups is 2. The van der Waals surface area contributed by atoms with Crippen molar-refractivity contribution < 1.29 is 27.9 Å². The number of aliphatic carboxylic acids is 1. The molecule has 0 radical (unpaired) electrons. The number of carbonyl (C=O) groups excluding carboxylic acids is 1. The van der Waals surface area contributed by atoms with E-state index in [1.807, 2.05) is 12.1 Å². The van der Waals surface area contributed by atoms with Crippen LogP contribution in [0.2, 0.25) is 0 Å². The summed E-state index contributed by atoms with van der Waals surface area (Å²) < 4.78 is 33.2. The largest absolute Gasteiger partial charge is 0.481 e. The van der Waals surface area contributed by atoms with E-state index in [0.29, 0.717) is 11.7 Å². The first-order valence-electron chi connectivity index (χ1n) is 9.37. The Morgan fingerprint density at radius 3 is 2.28 bits per heavy atom. The first kappa shape index (κ1) is 22.6. The monoisotopic (exact) mass is 419 g/mol. The fourth-order valence-corrected chi connectivity index (χ4v) is 4.32. The van der Waals surface area contributed by atoms with Gasteiger partial charge in [0, 0.05) is 0 Å². The Bertz CT molecular complexity index is 936. The van der Waals surface area contributed by atoms with Crippen LogP contribution in [-0.2, 0) is 19.6 Å². The number of para-hydroxylation sites is 1. The number of ether oxygens (including phenoxy) is 1. The second kappa shape index (κ2) is 10.2. The van der Waals surface area contributed by atoms with E-state index < -0.39 is 28.5 Å². The van der Waals surface area contributed by atoms with Crippen molar-refractivity contribution in [3.63, 3.8) is 0 Å². The molecule has 0 aliphatic rings. The number of carboxylic acid groups (broad SMARTS) is 1. The molecule has 0 saturated carbocycles. The molecule has 0 aromatic heterocycles. The smallest absolute Gasteiger partial charge is 0.305 e.